The average Bonchev–Trinajstić information content (AvgIpc) is 3.06. The number of benzene rings is 1. The quantitative estimate of drug-likeness (QED) is 0.876. The number of carbonyl (C=O) groups excluding carboxylic acids is 1. The van der Waals surface area contributed by atoms with E-state index in [-0.39, 0.29) is 6.09 Å². The SMILES string of the molecule is CCOC(=O)N1CCC(Nc2nc(-c3cc(C)ccc3C)cs2)CC1. The van der Waals surface area contributed by atoms with Crippen molar-refractivity contribution in [1.29, 1.82) is 0 Å². The van der Waals surface area contributed by atoms with E-state index in [1.165, 1.54) is 16.7 Å². The normalized spacial score (nSPS) is 15.2. The first-order valence-electron chi connectivity index (χ1n) is 8.78. The van der Waals surface area contributed by atoms with Crippen LogP contribution < -0.4 is 5.32 Å². The van der Waals surface area contributed by atoms with E-state index in [0.717, 1.165) is 36.8 Å². The summed E-state index contributed by atoms with van der Waals surface area (Å²) in [6.45, 7) is 7.94. The van der Waals surface area contributed by atoms with Crippen LogP contribution in [0.5, 0.6) is 0 Å². The number of anilines is 1. The van der Waals surface area contributed by atoms with Gasteiger partial charge in [-0.2, -0.15) is 0 Å². The van der Waals surface area contributed by atoms with Crippen LogP contribution >= 0.6 is 11.3 Å². The first-order chi connectivity index (χ1) is 12.1. The molecular formula is C19H25N3O2S. The Morgan fingerprint density at radius 3 is 2.84 bits per heavy atom. The zero-order chi connectivity index (χ0) is 17.8. The van der Waals surface area contributed by atoms with Crippen molar-refractivity contribution < 1.29 is 9.53 Å². The first kappa shape index (κ1) is 17.7. The number of hydrogen-bond acceptors (Lipinski definition) is 5. The lowest BCUT2D eigenvalue weighted by Crippen LogP contribution is -2.42. The third kappa shape index (κ3) is 4.31. The van der Waals surface area contributed by atoms with Crippen LogP contribution in [-0.2, 0) is 4.74 Å². The molecule has 0 spiro atoms. The van der Waals surface area contributed by atoms with Crippen molar-refractivity contribution in [3.8, 4) is 11.3 Å². The molecule has 25 heavy (non-hydrogen) atoms. The van der Waals surface area contributed by atoms with E-state index in [1.807, 2.05) is 6.92 Å². The number of nitrogens with zero attached hydrogens (tertiary/aromatic N) is 2. The molecule has 1 N–H and O–H groups in total. The Balaban J connectivity index is 1.59. The second-order valence-corrected chi connectivity index (χ2v) is 7.32. The Morgan fingerprint density at radius 1 is 1.36 bits per heavy atom. The van der Waals surface area contributed by atoms with Crippen LogP contribution in [-0.4, -0.2) is 41.7 Å². The van der Waals surface area contributed by atoms with Crippen LogP contribution in [0.1, 0.15) is 30.9 Å². The summed E-state index contributed by atoms with van der Waals surface area (Å²) in [6, 6.07) is 6.80. The highest BCUT2D eigenvalue weighted by Crippen LogP contribution is 2.29. The minimum atomic E-state index is -0.201. The van der Waals surface area contributed by atoms with Gasteiger partial charge in [0.05, 0.1) is 12.3 Å². The molecule has 1 saturated heterocycles. The monoisotopic (exact) mass is 359 g/mol. The second-order valence-electron chi connectivity index (χ2n) is 6.46. The molecule has 1 aromatic carbocycles. The van der Waals surface area contributed by atoms with Gasteiger partial charge in [-0.05, 0) is 45.2 Å². The average molecular weight is 359 g/mol. The smallest absolute Gasteiger partial charge is 0.409 e. The predicted octanol–water partition coefficient (Wildman–Crippen LogP) is 4.46. The molecule has 1 amide bonds. The molecule has 5 nitrogen and oxygen atoms in total. The molecule has 2 heterocycles. The summed E-state index contributed by atoms with van der Waals surface area (Å²) < 4.78 is 5.06. The van der Waals surface area contributed by atoms with Crippen molar-refractivity contribution in [3.63, 3.8) is 0 Å². The van der Waals surface area contributed by atoms with E-state index in [9.17, 15) is 4.79 Å². The number of ether oxygens (including phenoxy) is 1. The first-order valence-corrected chi connectivity index (χ1v) is 9.66. The van der Waals surface area contributed by atoms with Crippen molar-refractivity contribution >= 4 is 22.6 Å². The molecule has 0 saturated carbocycles. The van der Waals surface area contributed by atoms with E-state index < -0.39 is 0 Å². The molecule has 2 aromatic rings. The Morgan fingerprint density at radius 2 is 2.12 bits per heavy atom. The number of nitrogens with one attached hydrogen (secondary N) is 1. The summed E-state index contributed by atoms with van der Waals surface area (Å²) in [6.07, 6.45) is 1.63. The highest BCUT2D eigenvalue weighted by atomic mass is 32.1. The van der Waals surface area contributed by atoms with Gasteiger partial charge >= 0.3 is 6.09 Å². The highest BCUT2D eigenvalue weighted by Gasteiger charge is 2.24. The fourth-order valence-corrected chi connectivity index (χ4v) is 3.86. The molecule has 134 valence electrons. The Bertz CT molecular complexity index is 736. The van der Waals surface area contributed by atoms with Gasteiger partial charge in [0, 0.05) is 30.1 Å². The number of amides is 1. The number of aromatic nitrogens is 1. The summed E-state index contributed by atoms with van der Waals surface area (Å²) in [7, 11) is 0. The molecule has 0 aliphatic carbocycles. The number of piperidine rings is 1. The summed E-state index contributed by atoms with van der Waals surface area (Å²) >= 11 is 1.64. The molecule has 1 fully saturated rings. The number of hydrogen-bond donors (Lipinski definition) is 1. The van der Waals surface area contributed by atoms with Crippen molar-refractivity contribution in [2.45, 2.75) is 39.7 Å². The van der Waals surface area contributed by atoms with Crippen molar-refractivity contribution in [2.24, 2.45) is 0 Å². The summed E-state index contributed by atoms with van der Waals surface area (Å²) in [5.74, 6) is 0. The van der Waals surface area contributed by atoms with Crippen molar-refractivity contribution in [3.05, 3.63) is 34.7 Å². The molecule has 6 heteroatoms. The largest absolute Gasteiger partial charge is 0.450 e. The minimum absolute atomic E-state index is 0.201. The summed E-state index contributed by atoms with van der Waals surface area (Å²) in [5, 5.41) is 6.58. The zero-order valence-electron chi connectivity index (χ0n) is 15.0. The third-order valence-corrected chi connectivity index (χ3v) is 5.30. The zero-order valence-corrected chi connectivity index (χ0v) is 15.9. The van der Waals surface area contributed by atoms with Crippen LogP contribution in [0, 0.1) is 13.8 Å². The molecule has 0 radical (unpaired) electrons. The Labute approximate surface area is 153 Å². The van der Waals surface area contributed by atoms with Crippen LogP contribution in [0.3, 0.4) is 0 Å². The fourth-order valence-electron chi connectivity index (χ4n) is 3.07. The molecule has 0 unspecified atom stereocenters. The van der Waals surface area contributed by atoms with Gasteiger partial charge in [-0.3, -0.25) is 0 Å². The topological polar surface area (TPSA) is 54.5 Å². The summed E-state index contributed by atoms with van der Waals surface area (Å²) in [5.41, 5.74) is 4.71. The van der Waals surface area contributed by atoms with E-state index in [0.29, 0.717) is 12.6 Å². The number of rotatable bonds is 4. The van der Waals surface area contributed by atoms with E-state index in [1.54, 1.807) is 16.2 Å². The number of thiazole rings is 1. The van der Waals surface area contributed by atoms with Crippen molar-refractivity contribution in [2.75, 3.05) is 25.0 Å². The van der Waals surface area contributed by atoms with Gasteiger partial charge in [0.25, 0.3) is 0 Å². The van der Waals surface area contributed by atoms with Crippen LogP contribution in [0.25, 0.3) is 11.3 Å². The van der Waals surface area contributed by atoms with Gasteiger partial charge in [-0.15, -0.1) is 11.3 Å². The number of likely N-dealkylation sites (tertiary alicyclic amines) is 1. The van der Waals surface area contributed by atoms with Gasteiger partial charge in [0.2, 0.25) is 0 Å². The van der Waals surface area contributed by atoms with Gasteiger partial charge < -0.3 is 15.0 Å². The van der Waals surface area contributed by atoms with Crippen molar-refractivity contribution in [1.82, 2.24) is 9.88 Å². The highest BCUT2D eigenvalue weighted by molar-refractivity contribution is 7.14. The number of carbonyl (C=O) groups is 1. The predicted molar refractivity (Wildman–Crippen MR) is 102 cm³/mol. The van der Waals surface area contributed by atoms with Gasteiger partial charge in [-0.25, -0.2) is 9.78 Å². The van der Waals surface area contributed by atoms with Crippen LogP contribution in [0.4, 0.5) is 9.93 Å². The lowest BCUT2D eigenvalue weighted by Gasteiger charge is -2.31. The van der Waals surface area contributed by atoms with Gasteiger partial charge in [0.1, 0.15) is 0 Å². The molecule has 1 aliphatic heterocycles. The number of aryl methyl sites for hydroxylation is 2. The minimum Gasteiger partial charge on any atom is -0.450 e. The van der Waals surface area contributed by atoms with Crippen LogP contribution in [0.15, 0.2) is 23.6 Å². The standard InChI is InChI=1S/C19H25N3O2S/c1-4-24-19(23)22-9-7-15(8-10-22)20-18-21-17(12-25-18)16-11-13(2)5-6-14(16)3/h5-6,11-12,15H,4,7-10H2,1-3H3,(H,20,21). The van der Waals surface area contributed by atoms with E-state index in [2.05, 4.69) is 42.7 Å². The molecular weight excluding hydrogens is 334 g/mol. The van der Waals surface area contributed by atoms with Crippen LogP contribution in [0.2, 0.25) is 0 Å². The second kappa shape index (κ2) is 7.87. The summed E-state index contributed by atoms with van der Waals surface area (Å²) in [4.78, 5) is 18.3. The lowest BCUT2D eigenvalue weighted by atomic mass is 10.0. The Kier molecular flexibility index (Phi) is 5.58. The molecule has 0 bridgehead atoms. The third-order valence-electron chi connectivity index (χ3n) is 4.52. The molecule has 0 atom stereocenters. The maximum Gasteiger partial charge on any atom is 0.409 e. The molecule has 3 rings (SSSR count). The molecule has 1 aromatic heterocycles. The maximum atomic E-state index is 11.8. The van der Waals surface area contributed by atoms with E-state index >= 15 is 0 Å². The van der Waals surface area contributed by atoms with Gasteiger partial charge in [0.15, 0.2) is 5.13 Å². The van der Waals surface area contributed by atoms with E-state index in [4.69, 9.17) is 9.72 Å². The molecule has 1 aliphatic rings. The maximum absolute atomic E-state index is 11.8. The van der Waals surface area contributed by atoms with Gasteiger partial charge in [-0.1, -0.05) is 17.7 Å². The lowest BCUT2D eigenvalue weighted by molar-refractivity contribution is 0.0983. The fraction of sp³-hybridized carbons (Fsp3) is 0.474. The Hall–Kier alpha value is -2.08.